The van der Waals surface area contributed by atoms with E-state index in [4.69, 9.17) is 5.73 Å². The van der Waals surface area contributed by atoms with Crippen molar-refractivity contribution in [1.29, 1.82) is 0 Å². The SMILES string of the molecule is CNc1nc(N)c(C(=O)N2CCN(C)C(C)(C)C2)s1. The first-order valence-corrected chi connectivity index (χ1v) is 7.11. The normalized spacial score (nSPS) is 19.5. The molecule has 0 bridgehead atoms. The molecule has 1 fully saturated rings. The molecule has 0 unspecified atom stereocenters. The molecule has 1 saturated heterocycles. The lowest BCUT2D eigenvalue weighted by molar-refractivity contribution is 0.0315. The molecule has 2 heterocycles. The van der Waals surface area contributed by atoms with E-state index in [1.54, 1.807) is 7.05 Å². The summed E-state index contributed by atoms with van der Waals surface area (Å²) < 4.78 is 0. The Hall–Kier alpha value is -1.34. The van der Waals surface area contributed by atoms with Gasteiger partial charge in [-0.25, -0.2) is 4.98 Å². The van der Waals surface area contributed by atoms with Gasteiger partial charge < -0.3 is 16.0 Å². The van der Waals surface area contributed by atoms with Gasteiger partial charge in [0.25, 0.3) is 5.91 Å². The molecule has 1 aliphatic rings. The van der Waals surface area contributed by atoms with Gasteiger partial charge >= 0.3 is 0 Å². The molecule has 2 rings (SSSR count). The summed E-state index contributed by atoms with van der Waals surface area (Å²) in [5, 5.41) is 3.59. The van der Waals surface area contributed by atoms with Crippen LogP contribution < -0.4 is 11.1 Å². The molecule has 19 heavy (non-hydrogen) atoms. The van der Waals surface area contributed by atoms with E-state index in [0.717, 1.165) is 13.1 Å². The number of rotatable bonds is 2. The zero-order chi connectivity index (χ0) is 14.2. The van der Waals surface area contributed by atoms with Crippen LogP contribution in [0.2, 0.25) is 0 Å². The molecule has 1 aromatic heterocycles. The molecule has 106 valence electrons. The number of nitrogens with zero attached hydrogens (tertiary/aromatic N) is 3. The highest BCUT2D eigenvalue weighted by Crippen LogP contribution is 2.28. The van der Waals surface area contributed by atoms with Crippen molar-refractivity contribution in [2.45, 2.75) is 19.4 Å². The minimum absolute atomic E-state index is 0.0147. The summed E-state index contributed by atoms with van der Waals surface area (Å²) in [7, 11) is 3.85. The Morgan fingerprint density at radius 3 is 2.68 bits per heavy atom. The number of nitrogen functional groups attached to an aromatic ring is 1. The van der Waals surface area contributed by atoms with Gasteiger partial charge in [-0.1, -0.05) is 11.3 Å². The van der Waals surface area contributed by atoms with Gasteiger partial charge in [-0.2, -0.15) is 0 Å². The summed E-state index contributed by atoms with van der Waals surface area (Å²) in [5.74, 6) is 0.300. The van der Waals surface area contributed by atoms with Crippen LogP contribution in [0, 0.1) is 0 Å². The lowest BCUT2D eigenvalue weighted by Crippen LogP contribution is -2.58. The Morgan fingerprint density at radius 1 is 1.47 bits per heavy atom. The smallest absolute Gasteiger partial charge is 0.267 e. The topological polar surface area (TPSA) is 74.5 Å². The number of anilines is 2. The van der Waals surface area contributed by atoms with Gasteiger partial charge in [-0.3, -0.25) is 9.69 Å². The lowest BCUT2D eigenvalue weighted by atomic mass is 9.99. The molecular weight excluding hydrogens is 262 g/mol. The molecule has 0 spiro atoms. The van der Waals surface area contributed by atoms with Crippen LogP contribution in [-0.4, -0.2) is 60.0 Å². The largest absolute Gasteiger partial charge is 0.382 e. The molecule has 1 aliphatic heterocycles. The zero-order valence-electron chi connectivity index (χ0n) is 11.9. The number of thiazole rings is 1. The fourth-order valence-corrected chi connectivity index (χ4v) is 2.96. The summed E-state index contributed by atoms with van der Waals surface area (Å²) >= 11 is 1.31. The summed E-state index contributed by atoms with van der Waals surface area (Å²) in [5.41, 5.74) is 5.81. The number of aromatic nitrogens is 1. The summed E-state index contributed by atoms with van der Waals surface area (Å²) in [6, 6.07) is 0. The maximum Gasteiger partial charge on any atom is 0.267 e. The molecule has 7 heteroatoms. The van der Waals surface area contributed by atoms with Crippen LogP contribution in [0.25, 0.3) is 0 Å². The predicted octanol–water partition coefficient (Wildman–Crippen LogP) is 0.933. The number of carbonyl (C=O) groups excluding carboxylic acids is 1. The quantitative estimate of drug-likeness (QED) is 0.845. The van der Waals surface area contributed by atoms with Gasteiger partial charge in [-0.05, 0) is 20.9 Å². The van der Waals surface area contributed by atoms with Crippen molar-refractivity contribution in [3.8, 4) is 0 Å². The van der Waals surface area contributed by atoms with Crippen LogP contribution in [0.3, 0.4) is 0 Å². The lowest BCUT2D eigenvalue weighted by Gasteiger charge is -2.45. The van der Waals surface area contributed by atoms with Crippen molar-refractivity contribution in [2.24, 2.45) is 0 Å². The van der Waals surface area contributed by atoms with Crippen LogP contribution in [0.1, 0.15) is 23.5 Å². The van der Waals surface area contributed by atoms with Gasteiger partial charge in [0.15, 0.2) is 5.13 Å². The van der Waals surface area contributed by atoms with Crippen molar-refractivity contribution < 1.29 is 4.79 Å². The monoisotopic (exact) mass is 283 g/mol. The Balaban J connectivity index is 2.18. The van der Waals surface area contributed by atoms with E-state index in [2.05, 4.69) is 36.1 Å². The van der Waals surface area contributed by atoms with Crippen molar-refractivity contribution >= 4 is 28.2 Å². The van der Waals surface area contributed by atoms with E-state index in [-0.39, 0.29) is 11.4 Å². The second kappa shape index (κ2) is 4.97. The minimum atomic E-state index is -0.0160. The van der Waals surface area contributed by atoms with Gasteiger partial charge in [0, 0.05) is 32.2 Å². The van der Waals surface area contributed by atoms with Gasteiger partial charge in [0.1, 0.15) is 10.7 Å². The fraction of sp³-hybridized carbons (Fsp3) is 0.667. The Labute approximate surface area is 117 Å². The summed E-state index contributed by atoms with van der Waals surface area (Å²) in [6.45, 7) is 6.58. The third-order valence-corrected chi connectivity index (χ3v) is 4.74. The maximum absolute atomic E-state index is 12.5. The molecule has 1 amide bonds. The number of hydrogen-bond donors (Lipinski definition) is 2. The number of amides is 1. The van der Waals surface area contributed by atoms with E-state index in [1.807, 2.05) is 4.90 Å². The van der Waals surface area contributed by atoms with E-state index in [1.165, 1.54) is 11.3 Å². The van der Waals surface area contributed by atoms with Crippen molar-refractivity contribution in [3.63, 3.8) is 0 Å². The molecule has 6 nitrogen and oxygen atoms in total. The minimum Gasteiger partial charge on any atom is -0.382 e. The summed E-state index contributed by atoms with van der Waals surface area (Å²) in [6.07, 6.45) is 0. The van der Waals surface area contributed by atoms with Crippen LogP contribution in [0.15, 0.2) is 0 Å². The molecule has 0 radical (unpaired) electrons. The second-order valence-electron chi connectivity index (χ2n) is 5.44. The van der Waals surface area contributed by atoms with Crippen LogP contribution in [0.4, 0.5) is 10.9 Å². The molecule has 0 saturated carbocycles. The first kappa shape index (κ1) is 14.1. The van der Waals surface area contributed by atoms with Crippen molar-refractivity contribution in [2.75, 3.05) is 44.8 Å². The van der Waals surface area contributed by atoms with E-state index in [0.29, 0.717) is 22.4 Å². The maximum atomic E-state index is 12.5. The second-order valence-corrected chi connectivity index (χ2v) is 6.44. The molecule has 0 atom stereocenters. The van der Waals surface area contributed by atoms with E-state index < -0.39 is 0 Å². The average molecular weight is 283 g/mol. The van der Waals surface area contributed by atoms with Crippen LogP contribution in [-0.2, 0) is 0 Å². The zero-order valence-corrected chi connectivity index (χ0v) is 12.7. The highest BCUT2D eigenvalue weighted by atomic mass is 32.1. The van der Waals surface area contributed by atoms with Crippen LogP contribution in [0.5, 0.6) is 0 Å². The highest BCUT2D eigenvalue weighted by molar-refractivity contribution is 7.18. The molecular formula is C12H21N5OS. The van der Waals surface area contributed by atoms with Crippen molar-refractivity contribution in [3.05, 3.63) is 4.88 Å². The third kappa shape index (κ3) is 2.66. The molecule has 1 aromatic rings. The average Bonchev–Trinajstić information content (AvgIpc) is 2.73. The number of piperazine rings is 1. The number of nitrogens with one attached hydrogen (secondary N) is 1. The van der Waals surface area contributed by atoms with Crippen LogP contribution >= 0.6 is 11.3 Å². The Morgan fingerprint density at radius 2 is 2.16 bits per heavy atom. The highest BCUT2D eigenvalue weighted by Gasteiger charge is 2.34. The van der Waals surface area contributed by atoms with Gasteiger partial charge in [0.05, 0.1) is 0 Å². The Bertz CT molecular complexity index is 484. The fourth-order valence-electron chi connectivity index (χ4n) is 2.15. The number of hydrogen-bond acceptors (Lipinski definition) is 6. The predicted molar refractivity (Wildman–Crippen MR) is 78.7 cm³/mol. The van der Waals surface area contributed by atoms with Crippen molar-refractivity contribution in [1.82, 2.24) is 14.8 Å². The Kier molecular flexibility index (Phi) is 3.69. The van der Waals surface area contributed by atoms with Gasteiger partial charge in [-0.15, -0.1) is 0 Å². The number of carbonyl (C=O) groups is 1. The summed E-state index contributed by atoms with van der Waals surface area (Å²) in [4.78, 5) is 21.3. The molecule has 0 aromatic carbocycles. The van der Waals surface area contributed by atoms with Gasteiger partial charge in [0.2, 0.25) is 0 Å². The number of nitrogens with two attached hydrogens (primary N) is 1. The van der Waals surface area contributed by atoms with E-state index >= 15 is 0 Å². The first-order valence-electron chi connectivity index (χ1n) is 6.29. The standard InChI is InChI=1S/C12H21N5OS/c1-12(2)7-17(6-5-16(12)4)10(18)8-9(13)15-11(14-3)19-8/h5-7,13H2,1-4H3,(H,14,15). The molecule has 3 N–H and O–H groups in total. The number of likely N-dealkylation sites (N-methyl/N-ethyl adjacent to an activating group) is 1. The van der Waals surface area contributed by atoms with E-state index in [9.17, 15) is 4.79 Å². The molecule has 0 aliphatic carbocycles. The first-order chi connectivity index (χ1) is 8.85. The third-order valence-electron chi connectivity index (χ3n) is 3.67.